The van der Waals surface area contributed by atoms with Crippen molar-refractivity contribution in [1.82, 2.24) is 4.57 Å². The molecule has 0 atom stereocenters. The van der Waals surface area contributed by atoms with E-state index in [2.05, 4.69) is 62.8 Å². The Morgan fingerprint density at radius 3 is 1.51 bits per heavy atom. The van der Waals surface area contributed by atoms with Gasteiger partial charge in [0.2, 0.25) is 0 Å². The molecule has 206 valence electrons. The Bertz CT molecular complexity index is 2260. The van der Waals surface area contributed by atoms with E-state index in [0.29, 0.717) is 33.6 Å². The van der Waals surface area contributed by atoms with Gasteiger partial charge in [0.1, 0.15) is 0 Å². The van der Waals surface area contributed by atoms with Crippen LogP contribution in [0.5, 0.6) is 0 Å². The average molecular weight is 572 g/mol. The molecule has 5 heteroatoms. The van der Waals surface area contributed by atoms with Crippen LogP contribution in [0.3, 0.4) is 0 Å². The summed E-state index contributed by atoms with van der Waals surface area (Å²) >= 11 is 0. The van der Waals surface area contributed by atoms with Crippen LogP contribution in [0.15, 0.2) is 127 Å². The van der Waals surface area contributed by atoms with Crippen LogP contribution in [-0.4, -0.2) is 4.57 Å². The van der Waals surface area contributed by atoms with Gasteiger partial charge >= 0.3 is 0 Å². The first-order chi connectivity index (χ1) is 22.1. The van der Waals surface area contributed by atoms with Crippen molar-refractivity contribution < 1.29 is 0 Å². The molecule has 1 heterocycles. The third-order valence-corrected chi connectivity index (χ3v) is 8.14. The number of nitrogens with zero attached hydrogens (tertiary/aromatic N) is 5. The Kier molecular flexibility index (Phi) is 6.62. The highest BCUT2D eigenvalue weighted by molar-refractivity contribution is 6.12. The monoisotopic (exact) mass is 571 g/mol. The van der Waals surface area contributed by atoms with Crippen LogP contribution in [0.25, 0.3) is 70.6 Å². The zero-order valence-electron chi connectivity index (χ0n) is 23.9. The average Bonchev–Trinajstić information content (AvgIpc) is 3.43. The zero-order valence-corrected chi connectivity index (χ0v) is 23.9. The molecule has 5 nitrogen and oxygen atoms in total. The molecule has 0 bridgehead atoms. The number of hydrogen-bond donors (Lipinski definition) is 0. The van der Waals surface area contributed by atoms with Crippen molar-refractivity contribution in [3.05, 3.63) is 161 Å². The predicted molar refractivity (Wildman–Crippen MR) is 179 cm³/mol. The van der Waals surface area contributed by atoms with Gasteiger partial charge in [-0.15, -0.1) is 0 Å². The van der Waals surface area contributed by atoms with Crippen LogP contribution in [0.2, 0.25) is 0 Å². The molecular weight excluding hydrogens is 550 g/mol. The normalized spacial score (nSPS) is 10.6. The molecule has 0 unspecified atom stereocenters. The summed E-state index contributed by atoms with van der Waals surface area (Å²) in [5.74, 6) is 0. The number of rotatable bonds is 4. The summed E-state index contributed by atoms with van der Waals surface area (Å²) in [7, 11) is 0. The van der Waals surface area contributed by atoms with Crippen molar-refractivity contribution in [2.45, 2.75) is 0 Å². The van der Waals surface area contributed by atoms with Gasteiger partial charge in [0, 0.05) is 22.0 Å². The van der Waals surface area contributed by atoms with Crippen LogP contribution in [-0.2, 0) is 0 Å². The van der Waals surface area contributed by atoms with E-state index in [1.54, 1.807) is 36.4 Å². The molecule has 7 rings (SSSR count). The van der Waals surface area contributed by atoms with Crippen molar-refractivity contribution in [3.8, 4) is 51.2 Å². The molecule has 0 N–H and O–H groups in total. The van der Waals surface area contributed by atoms with Gasteiger partial charge in [0.25, 0.3) is 0 Å². The topological polar surface area (TPSA) is 61.2 Å². The molecule has 0 aliphatic rings. The summed E-state index contributed by atoms with van der Waals surface area (Å²) in [6, 6.07) is 45.6. The van der Waals surface area contributed by atoms with Gasteiger partial charge in [-0.2, -0.15) is 10.5 Å². The van der Waals surface area contributed by atoms with E-state index in [-0.39, 0.29) is 0 Å². The van der Waals surface area contributed by atoms with E-state index in [1.807, 2.05) is 54.6 Å². The standard InChI is InChI=1S/C40H21N5/c1-43-35-12-7-13-36(44-2)40(35)29-17-21-34-33-20-16-28(39-30(24-41)10-6-11-31(39)25-42)22-37(33)45(38(34)23-29)32-18-14-27(15-19-32)26-8-4-3-5-9-26/h3-23H. The van der Waals surface area contributed by atoms with Crippen LogP contribution < -0.4 is 0 Å². The molecule has 45 heavy (non-hydrogen) atoms. The maximum atomic E-state index is 9.90. The predicted octanol–water partition coefficient (Wildman–Crippen LogP) is 10.6. The lowest BCUT2D eigenvalue weighted by Crippen LogP contribution is -1.95. The molecule has 7 aromatic rings. The maximum absolute atomic E-state index is 9.90. The first-order valence-electron chi connectivity index (χ1n) is 14.2. The van der Waals surface area contributed by atoms with E-state index in [4.69, 9.17) is 13.1 Å². The highest BCUT2D eigenvalue weighted by Gasteiger charge is 2.19. The first-order valence-corrected chi connectivity index (χ1v) is 14.2. The minimum Gasteiger partial charge on any atom is -0.309 e. The zero-order chi connectivity index (χ0) is 30.9. The minimum atomic E-state index is 0.428. The van der Waals surface area contributed by atoms with E-state index >= 15 is 0 Å². The van der Waals surface area contributed by atoms with E-state index in [0.717, 1.165) is 49.7 Å². The Morgan fingerprint density at radius 1 is 0.489 bits per heavy atom. The van der Waals surface area contributed by atoms with Gasteiger partial charge in [-0.1, -0.05) is 91.0 Å². The van der Waals surface area contributed by atoms with Crippen LogP contribution in [0.4, 0.5) is 11.4 Å². The van der Waals surface area contributed by atoms with Crippen molar-refractivity contribution in [2.24, 2.45) is 0 Å². The van der Waals surface area contributed by atoms with Gasteiger partial charge in [0.05, 0.1) is 47.4 Å². The molecule has 0 aliphatic heterocycles. The molecule has 0 saturated heterocycles. The highest BCUT2D eigenvalue weighted by atomic mass is 15.0. The smallest absolute Gasteiger partial charge is 0.184 e. The second-order valence-electron chi connectivity index (χ2n) is 10.6. The van der Waals surface area contributed by atoms with E-state index in [9.17, 15) is 10.5 Å². The first kappa shape index (κ1) is 26.9. The second-order valence-corrected chi connectivity index (χ2v) is 10.6. The molecule has 0 aliphatic carbocycles. The molecule has 0 radical (unpaired) electrons. The fourth-order valence-electron chi connectivity index (χ4n) is 6.10. The van der Waals surface area contributed by atoms with Gasteiger partial charge in [-0.25, -0.2) is 9.69 Å². The number of aromatic nitrogens is 1. The summed E-state index contributed by atoms with van der Waals surface area (Å²) in [6.07, 6.45) is 0. The maximum Gasteiger partial charge on any atom is 0.184 e. The van der Waals surface area contributed by atoms with Crippen molar-refractivity contribution in [1.29, 1.82) is 10.5 Å². The third kappa shape index (κ3) is 4.47. The largest absolute Gasteiger partial charge is 0.309 e. The number of fused-ring (bicyclic) bond motifs is 3. The van der Waals surface area contributed by atoms with Gasteiger partial charge in [0.15, 0.2) is 11.4 Å². The highest BCUT2D eigenvalue weighted by Crippen LogP contribution is 2.43. The SMILES string of the molecule is [C-]#[N+]c1cccc([N+]#[C-])c1-c1ccc2c3ccc(-c4c(C#N)cccc4C#N)cc3n(-c3ccc(-c4ccccc4)cc3)c2c1. The summed E-state index contributed by atoms with van der Waals surface area (Å²) in [6.45, 7) is 15.5. The number of benzene rings is 6. The summed E-state index contributed by atoms with van der Waals surface area (Å²) in [5, 5.41) is 21.8. The van der Waals surface area contributed by atoms with Gasteiger partial charge in [-0.05, 0) is 64.2 Å². The lowest BCUT2D eigenvalue weighted by Gasteiger charge is -2.12. The quantitative estimate of drug-likeness (QED) is 0.197. The Labute approximate surface area is 260 Å². The van der Waals surface area contributed by atoms with Crippen molar-refractivity contribution >= 4 is 33.2 Å². The molecule has 0 fully saturated rings. The number of nitriles is 2. The van der Waals surface area contributed by atoms with Gasteiger partial charge in [-0.3, -0.25) is 0 Å². The molecule has 1 aromatic heterocycles. The molecule has 6 aromatic carbocycles. The summed E-state index contributed by atoms with van der Waals surface area (Å²) in [4.78, 5) is 7.44. The minimum absolute atomic E-state index is 0.428. The molecule has 0 spiro atoms. The van der Waals surface area contributed by atoms with Gasteiger partial charge < -0.3 is 4.57 Å². The Hall–Kier alpha value is -6.92. The Morgan fingerprint density at radius 2 is 0.978 bits per heavy atom. The van der Waals surface area contributed by atoms with Crippen LogP contribution >= 0.6 is 0 Å². The summed E-state index contributed by atoms with van der Waals surface area (Å²) in [5.41, 5.74) is 9.48. The molecular formula is C40H21N5. The third-order valence-electron chi connectivity index (χ3n) is 8.14. The van der Waals surface area contributed by atoms with Crippen LogP contribution in [0, 0.1) is 35.8 Å². The Balaban J connectivity index is 1.53. The number of hydrogen-bond acceptors (Lipinski definition) is 2. The van der Waals surface area contributed by atoms with Crippen molar-refractivity contribution in [2.75, 3.05) is 0 Å². The lowest BCUT2D eigenvalue weighted by atomic mass is 9.94. The van der Waals surface area contributed by atoms with Crippen LogP contribution in [0.1, 0.15) is 11.1 Å². The second kappa shape index (κ2) is 11.1. The van der Waals surface area contributed by atoms with Crippen molar-refractivity contribution in [3.63, 3.8) is 0 Å². The lowest BCUT2D eigenvalue weighted by molar-refractivity contribution is 1.18. The van der Waals surface area contributed by atoms with E-state index < -0.39 is 0 Å². The fourth-order valence-corrected chi connectivity index (χ4v) is 6.10. The molecule has 0 amide bonds. The fraction of sp³-hybridized carbons (Fsp3) is 0. The molecule has 0 saturated carbocycles. The summed E-state index contributed by atoms with van der Waals surface area (Å²) < 4.78 is 2.17. The van der Waals surface area contributed by atoms with E-state index in [1.165, 1.54) is 0 Å².